The maximum absolute atomic E-state index is 6.10. The van der Waals surface area contributed by atoms with Crippen LogP contribution < -0.4 is 9.47 Å². The summed E-state index contributed by atoms with van der Waals surface area (Å²) < 4.78 is 12.0. The van der Waals surface area contributed by atoms with E-state index >= 15 is 0 Å². The van der Waals surface area contributed by atoms with Gasteiger partial charge in [0.15, 0.2) is 0 Å². The Kier molecular flexibility index (Phi) is 6.18. The van der Waals surface area contributed by atoms with E-state index in [2.05, 4.69) is 71.5 Å². The summed E-state index contributed by atoms with van der Waals surface area (Å²) in [5.74, 6) is 3.75. The van der Waals surface area contributed by atoms with Crippen molar-refractivity contribution < 1.29 is 9.47 Å². The van der Waals surface area contributed by atoms with Gasteiger partial charge in [0, 0.05) is 55.2 Å². The van der Waals surface area contributed by atoms with Gasteiger partial charge in [0.2, 0.25) is 0 Å². The normalized spacial score (nSPS) is 17.0. The molecule has 0 amide bonds. The molecule has 2 aromatic carbocycles. The van der Waals surface area contributed by atoms with Gasteiger partial charge in [-0.1, -0.05) is 30.3 Å². The molecule has 0 bridgehead atoms. The molecular weight excluding hydrogens is 376 g/mol. The third-order valence-electron chi connectivity index (χ3n) is 5.11. The molecule has 0 spiro atoms. The van der Waals surface area contributed by atoms with Crippen molar-refractivity contribution in [3.8, 4) is 11.5 Å². The van der Waals surface area contributed by atoms with Crippen molar-refractivity contribution in [2.24, 2.45) is 0 Å². The van der Waals surface area contributed by atoms with E-state index in [1.165, 1.54) is 22.3 Å². The minimum atomic E-state index is 0.640. The van der Waals surface area contributed by atoms with Gasteiger partial charge in [-0.3, -0.25) is 9.80 Å². The van der Waals surface area contributed by atoms with Crippen LogP contribution in [0.2, 0.25) is 0 Å². The zero-order valence-electron chi connectivity index (χ0n) is 15.4. The van der Waals surface area contributed by atoms with Crippen LogP contribution in [0.4, 0.5) is 0 Å². The van der Waals surface area contributed by atoms with Gasteiger partial charge in [-0.05, 0) is 17.2 Å². The van der Waals surface area contributed by atoms with Gasteiger partial charge in [-0.15, -0.1) is 0 Å². The second kappa shape index (κ2) is 8.78. The lowest BCUT2D eigenvalue weighted by molar-refractivity contribution is 0.101. The molecule has 2 aliphatic heterocycles. The molecule has 2 heterocycles. The fourth-order valence-electron chi connectivity index (χ4n) is 3.77. The molecule has 0 atom stereocenters. The molecule has 0 saturated carbocycles. The Morgan fingerprint density at radius 2 is 1.59 bits per heavy atom. The zero-order valence-corrected chi connectivity index (χ0v) is 17.2. The molecule has 0 aromatic heterocycles. The molecule has 0 fully saturated rings. The average Bonchev–Trinajstić information content (AvgIpc) is 2.68. The quantitative estimate of drug-likeness (QED) is 0.723. The monoisotopic (exact) mass is 402 g/mol. The first kappa shape index (κ1) is 19.0. The summed E-state index contributed by atoms with van der Waals surface area (Å²) in [7, 11) is 0. The predicted octanol–water partition coefficient (Wildman–Crippen LogP) is 3.44. The number of hydrogen-bond acceptors (Lipinski definition) is 6. The van der Waals surface area contributed by atoms with Crippen LogP contribution in [-0.2, 0) is 19.5 Å². The second-order valence-corrected chi connectivity index (χ2v) is 8.02. The van der Waals surface area contributed by atoms with Gasteiger partial charge in [0.1, 0.15) is 25.0 Å². The van der Waals surface area contributed by atoms with Gasteiger partial charge in [0.25, 0.3) is 0 Å². The van der Waals surface area contributed by atoms with Crippen molar-refractivity contribution in [3.05, 3.63) is 58.7 Å². The lowest BCUT2D eigenvalue weighted by Gasteiger charge is -2.30. The fraction of sp³-hybridized carbons (Fsp3) is 0.429. The van der Waals surface area contributed by atoms with E-state index in [0.29, 0.717) is 13.5 Å². The summed E-state index contributed by atoms with van der Waals surface area (Å²) in [5, 5.41) is 0. The number of fused-ring (bicyclic) bond motifs is 2. The average molecular weight is 403 g/mol. The summed E-state index contributed by atoms with van der Waals surface area (Å²) in [6.07, 6.45) is 0.871. The van der Waals surface area contributed by atoms with E-state index in [4.69, 9.17) is 9.47 Å². The molecule has 0 saturated heterocycles. The zero-order chi connectivity index (χ0) is 18.6. The molecule has 2 aliphatic rings. The minimum Gasteiger partial charge on any atom is -0.478 e. The lowest BCUT2D eigenvalue weighted by Crippen LogP contribution is -2.34. The summed E-state index contributed by atoms with van der Waals surface area (Å²) in [6, 6.07) is 13.0. The maximum atomic E-state index is 6.10. The number of benzene rings is 2. The van der Waals surface area contributed by atoms with Crippen LogP contribution in [0.5, 0.6) is 11.5 Å². The molecule has 27 heavy (non-hydrogen) atoms. The van der Waals surface area contributed by atoms with Gasteiger partial charge < -0.3 is 9.47 Å². The van der Waals surface area contributed by atoms with Gasteiger partial charge in [0.05, 0.1) is 0 Å². The molecule has 6 heteroatoms. The first-order chi connectivity index (χ1) is 13.3. The molecule has 2 aromatic rings. The largest absolute Gasteiger partial charge is 0.478 e. The Morgan fingerprint density at radius 1 is 0.852 bits per heavy atom. The van der Waals surface area contributed by atoms with Crippen molar-refractivity contribution in [2.75, 3.05) is 38.1 Å². The van der Waals surface area contributed by atoms with Crippen molar-refractivity contribution in [2.45, 2.75) is 19.5 Å². The third-order valence-corrected chi connectivity index (χ3v) is 5.51. The van der Waals surface area contributed by atoms with Crippen LogP contribution in [0.1, 0.15) is 22.3 Å². The van der Waals surface area contributed by atoms with E-state index in [1.54, 1.807) is 0 Å². The summed E-state index contributed by atoms with van der Waals surface area (Å²) in [5.41, 5.74) is 5.06. The van der Waals surface area contributed by atoms with E-state index in [0.717, 1.165) is 55.6 Å². The third kappa shape index (κ3) is 4.40. The Labute approximate surface area is 172 Å². The fourth-order valence-corrected chi connectivity index (χ4v) is 4.34. The lowest BCUT2D eigenvalue weighted by atomic mass is 9.98. The standard InChI is InChI=1S/C21H26N2O2S2/c26-8-6-22-12-18-3-1-2-17(21(18)25-15-22)10-16-4-5-20-19(11-16)13-23(7-9-27)14-24-20/h1-5,11,26-27H,6-10,12-15H2. The van der Waals surface area contributed by atoms with Crippen LogP contribution >= 0.6 is 25.3 Å². The smallest absolute Gasteiger partial charge is 0.142 e. The highest BCUT2D eigenvalue weighted by Gasteiger charge is 2.21. The molecule has 0 unspecified atom stereocenters. The number of ether oxygens (including phenoxy) is 2. The SMILES string of the molecule is SCCN1COc2ccc(Cc3cccc4c3OCN(CCS)C4)cc2C1. The van der Waals surface area contributed by atoms with Crippen molar-refractivity contribution in [1.29, 1.82) is 0 Å². The van der Waals surface area contributed by atoms with Crippen LogP contribution in [-0.4, -0.2) is 47.9 Å². The van der Waals surface area contributed by atoms with Gasteiger partial charge >= 0.3 is 0 Å². The number of para-hydroxylation sites is 1. The number of rotatable bonds is 6. The van der Waals surface area contributed by atoms with E-state index in [-0.39, 0.29) is 0 Å². The van der Waals surface area contributed by atoms with Crippen molar-refractivity contribution >= 4 is 25.3 Å². The van der Waals surface area contributed by atoms with Crippen molar-refractivity contribution in [1.82, 2.24) is 9.80 Å². The van der Waals surface area contributed by atoms with Crippen LogP contribution in [0.3, 0.4) is 0 Å². The summed E-state index contributed by atoms with van der Waals surface area (Å²) in [6.45, 7) is 5.03. The molecule has 4 rings (SSSR count). The second-order valence-electron chi connectivity index (χ2n) is 7.12. The number of nitrogens with zero attached hydrogens (tertiary/aromatic N) is 2. The van der Waals surface area contributed by atoms with Crippen molar-refractivity contribution in [3.63, 3.8) is 0 Å². The molecule has 0 aliphatic carbocycles. The first-order valence-corrected chi connectivity index (χ1v) is 10.7. The molecular formula is C21H26N2O2S2. The topological polar surface area (TPSA) is 24.9 Å². The Bertz CT molecular complexity index is 800. The highest BCUT2D eigenvalue weighted by atomic mass is 32.1. The molecule has 144 valence electrons. The van der Waals surface area contributed by atoms with E-state index in [1.807, 2.05) is 0 Å². The van der Waals surface area contributed by atoms with Crippen LogP contribution in [0.15, 0.2) is 36.4 Å². The molecule has 0 N–H and O–H groups in total. The number of hydrogen-bond donors (Lipinski definition) is 2. The van der Waals surface area contributed by atoms with Gasteiger partial charge in [-0.2, -0.15) is 25.3 Å². The highest BCUT2D eigenvalue weighted by Crippen LogP contribution is 2.32. The van der Waals surface area contributed by atoms with Crippen LogP contribution in [0, 0.1) is 0 Å². The number of thiol groups is 2. The Morgan fingerprint density at radius 3 is 2.37 bits per heavy atom. The maximum Gasteiger partial charge on any atom is 0.142 e. The molecule has 4 nitrogen and oxygen atoms in total. The summed E-state index contributed by atoms with van der Waals surface area (Å²) in [4.78, 5) is 4.56. The summed E-state index contributed by atoms with van der Waals surface area (Å²) >= 11 is 8.67. The Hall–Kier alpha value is -1.34. The minimum absolute atomic E-state index is 0.640. The van der Waals surface area contributed by atoms with E-state index < -0.39 is 0 Å². The first-order valence-electron chi connectivity index (χ1n) is 9.41. The Balaban J connectivity index is 1.52. The molecule has 0 radical (unpaired) electrons. The predicted molar refractivity (Wildman–Crippen MR) is 115 cm³/mol. The van der Waals surface area contributed by atoms with E-state index in [9.17, 15) is 0 Å². The van der Waals surface area contributed by atoms with Gasteiger partial charge in [-0.25, -0.2) is 0 Å². The highest BCUT2D eigenvalue weighted by molar-refractivity contribution is 7.80. The van der Waals surface area contributed by atoms with Crippen LogP contribution in [0.25, 0.3) is 0 Å².